The van der Waals surface area contributed by atoms with Crippen LogP contribution in [-0.4, -0.2) is 55.2 Å². The molecule has 0 saturated heterocycles. The minimum atomic E-state index is -0.292. The highest BCUT2D eigenvalue weighted by Crippen LogP contribution is 2.15. The van der Waals surface area contributed by atoms with Gasteiger partial charge >= 0.3 is 0 Å². The fourth-order valence-corrected chi connectivity index (χ4v) is 3.07. The number of aromatic nitrogens is 5. The number of nitrogens with zero attached hydrogens (tertiary/aromatic N) is 6. The van der Waals surface area contributed by atoms with Crippen LogP contribution in [0.1, 0.15) is 35.6 Å². The summed E-state index contributed by atoms with van der Waals surface area (Å²) in [4.78, 5) is 15.0. The lowest BCUT2D eigenvalue weighted by Crippen LogP contribution is -2.27. The van der Waals surface area contributed by atoms with E-state index in [9.17, 15) is 4.79 Å². The molecule has 0 saturated carbocycles. The zero-order valence-electron chi connectivity index (χ0n) is 16.9. The fraction of sp³-hybridized carbons (Fsp3) is 0.400. The summed E-state index contributed by atoms with van der Waals surface area (Å²) < 4.78 is 3.51. The molecule has 8 heteroatoms. The van der Waals surface area contributed by atoms with Crippen molar-refractivity contribution in [3.8, 4) is 5.69 Å². The van der Waals surface area contributed by atoms with E-state index < -0.39 is 0 Å². The predicted octanol–water partition coefficient (Wildman–Crippen LogP) is 2.67. The van der Waals surface area contributed by atoms with Crippen LogP contribution in [0.5, 0.6) is 0 Å². The van der Waals surface area contributed by atoms with E-state index in [0.29, 0.717) is 17.1 Å². The molecule has 0 aliphatic carbocycles. The first-order valence-electron chi connectivity index (χ1n) is 9.57. The molecule has 28 heavy (non-hydrogen) atoms. The first-order chi connectivity index (χ1) is 13.5. The smallest absolute Gasteiger partial charge is 0.278 e. The molecule has 0 unspecified atom stereocenters. The van der Waals surface area contributed by atoms with Crippen LogP contribution in [-0.2, 0) is 6.54 Å². The predicted molar refractivity (Wildman–Crippen MR) is 109 cm³/mol. The SMILES string of the molecule is CCN(CC)CCn1cc(NC(=O)c2nnn(-c3cccc(C)c3)c2C)cn1. The van der Waals surface area contributed by atoms with Crippen LogP contribution in [0.3, 0.4) is 0 Å². The molecule has 148 valence electrons. The van der Waals surface area contributed by atoms with E-state index >= 15 is 0 Å². The van der Waals surface area contributed by atoms with Gasteiger partial charge < -0.3 is 10.2 Å². The first-order valence-corrected chi connectivity index (χ1v) is 9.57. The van der Waals surface area contributed by atoms with Crippen molar-refractivity contribution < 1.29 is 4.79 Å². The largest absolute Gasteiger partial charge is 0.318 e. The molecule has 0 radical (unpaired) electrons. The number of aryl methyl sites for hydroxylation is 1. The molecule has 8 nitrogen and oxygen atoms in total. The van der Waals surface area contributed by atoms with Crippen LogP contribution >= 0.6 is 0 Å². The van der Waals surface area contributed by atoms with Crippen LogP contribution in [0.4, 0.5) is 5.69 Å². The Hall–Kier alpha value is -3.00. The van der Waals surface area contributed by atoms with Gasteiger partial charge in [0.25, 0.3) is 5.91 Å². The normalized spacial score (nSPS) is 11.2. The van der Waals surface area contributed by atoms with E-state index in [0.717, 1.165) is 37.4 Å². The Morgan fingerprint density at radius 3 is 2.71 bits per heavy atom. The maximum absolute atomic E-state index is 12.6. The molecule has 0 aliphatic heterocycles. The Morgan fingerprint density at radius 1 is 1.21 bits per heavy atom. The van der Waals surface area contributed by atoms with Gasteiger partial charge in [-0.3, -0.25) is 9.48 Å². The lowest BCUT2D eigenvalue weighted by molar-refractivity contribution is 0.102. The van der Waals surface area contributed by atoms with Crippen LogP contribution in [0, 0.1) is 13.8 Å². The number of nitrogens with one attached hydrogen (secondary N) is 1. The summed E-state index contributed by atoms with van der Waals surface area (Å²) in [6.07, 6.45) is 3.49. The molecular formula is C20H27N7O. The molecule has 0 fully saturated rings. The van der Waals surface area contributed by atoms with Gasteiger partial charge in [0.1, 0.15) is 0 Å². The van der Waals surface area contributed by atoms with Crippen molar-refractivity contribution in [3.63, 3.8) is 0 Å². The molecule has 0 aliphatic rings. The average molecular weight is 381 g/mol. The summed E-state index contributed by atoms with van der Waals surface area (Å²) >= 11 is 0. The minimum absolute atomic E-state index is 0.292. The first kappa shape index (κ1) is 19.8. The van der Waals surface area contributed by atoms with Gasteiger partial charge in [-0.15, -0.1) is 5.10 Å². The van der Waals surface area contributed by atoms with E-state index in [1.165, 1.54) is 0 Å². The summed E-state index contributed by atoms with van der Waals surface area (Å²) in [5.41, 5.74) is 3.65. The molecule has 1 amide bonds. The summed E-state index contributed by atoms with van der Waals surface area (Å²) in [5, 5.41) is 15.4. The van der Waals surface area contributed by atoms with Gasteiger partial charge in [0.15, 0.2) is 5.69 Å². The zero-order chi connectivity index (χ0) is 20.1. The molecule has 3 aromatic rings. The average Bonchev–Trinajstić information content (AvgIpc) is 3.29. The molecule has 1 N–H and O–H groups in total. The number of rotatable bonds is 8. The number of amides is 1. The molecule has 0 atom stereocenters. The number of benzene rings is 1. The highest BCUT2D eigenvalue weighted by molar-refractivity contribution is 6.03. The second-order valence-corrected chi connectivity index (χ2v) is 6.75. The van der Waals surface area contributed by atoms with Gasteiger partial charge in [0.05, 0.1) is 29.8 Å². The van der Waals surface area contributed by atoms with Gasteiger partial charge in [-0.25, -0.2) is 4.68 Å². The van der Waals surface area contributed by atoms with Gasteiger partial charge in [0.2, 0.25) is 0 Å². The number of likely N-dealkylation sites (N-methyl/N-ethyl adjacent to an activating group) is 1. The van der Waals surface area contributed by atoms with Crippen LogP contribution < -0.4 is 5.32 Å². The number of hydrogen-bond donors (Lipinski definition) is 1. The number of carbonyl (C=O) groups is 1. The van der Waals surface area contributed by atoms with Crippen molar-refractivity contribution in [2.45, 2.75) is 34.2 Å². The number of anilines is 1. The lowest BCUT2D eigenvalue weighted by atomic mass is 10.2. The van der Waals surface area contributed by atoms with Crippen molar-refractivity contribution in [1.82, 2.24) is 29.7 Å². The van der Waals surface area contributed by atoms with Crippen LogP contribution in [0.2, 0.25) is 0 Å². The molecule has 1 aromatic carbocycles. The van der Waals surface area contributed by atoms with Gasteiger partial charge in [-0.2, -0.15) is 5.10 Å². The molecule has 0 bridgehead atoms. The number of carbonyl (C=O) groups excluding carboxylic acids is 1. The van der Waals surface area contributed by atoms with Gasteiger partial charge in [0, 0.05) is 12.7 Å². The maximum Gasteiger partial charge on any atom is 0.278 e. The Morgan fingerprint density at radius 2 is 2.00 bits per heavy atom. The fourth-order valence-electron chi connectivity index (χ4n) is 3.07. The van der Waals surface area contributed by atoms with E-state index in [1.54, 1.807) is 10.9 Å². The second kappa shape index (κ2) is 8.79. The molecular weight excluding hydrogens is 354 g/mol. The molecule has 2 aromatic heterocycles. The third-order valence-corrected chi connectivity index (χ3v) is 4.79. The van der Waals surface area contributed by atoms with Crippen molar-refractivity contribution >= 4 is 11.6 Å². The Labute approximate surface area is 165 Å². The topological polar surface area (TPSA) is 80.9 Å². The van der Waals surface area contributed by atoms with Crippen molar-refractivity contribution in [2.24, 2.45) is 0 Å². The van der Waals surface area contributed by atoms with E-state index in [-0.39, 0.29) is 5.91 Å². The quantitative estimate of drug-likeness (QED) is 0.649. The molecule has 0 spiro atoms. The van der Waals surface area contributed by atoms with E-state index in [1.807, 2.05) is 49.0 Å². The summed E-state index contributed by atoms with van der Waals surface area (Å²) in [7, 11) is 0. The number of hydrogen-bond acceptors (Lipinski definition) is 5. The Kier molecular flexibility index (Phi) is 6.20. The van der Waals surface area contributed by atoms with E-state index in [4.69, 9.17) is 0 Å². The Balaban J connectivity index is 1.67. The maximum atomic E-state index is 12.6. The lowest BCUT2D eigenvalue weighted by Gasteiger charge is -2.17. The standard InChI is InChI=1S/C20H27N7O/c1-5-25(6-2)10-11-26-14-17(13-21-26)22-20(28)19-16(4)27(24-23-19)18-9-7-8-15(3)12-18/h7-9,12-14H,5-6,10-11H2,1-4H3,(H,22,28). The highest BCUT2D eigenvalue weighted by atomic mass is 16.2. The van der Waals surface area contributed by atoms with Crippen LogP contribution in [0.15, 0.2) is 36.7 Å². The second-order valence-electron chi connectivity index (χ2n) is 6.75. The molecule has 2 heterocycles. The van der Waals surface area contributed by atoms with Crippen LogP contribution in [0.25, 0.3) is 5.69 Å². The summed E-state index contributed by atoms with van der Waals surface area (Å²) in [6, 6.07) is 7.92. The Bertz CT molecular complexity index is 940. The summed E-state index contributed by atoms with van der Waals surface area (Å²) in [6.45, 7) is 11.9. The third kappa shape index (κ3) is 4.45. The van der Waals surface area contributed by atoms with Crippen molar-refractivity contribution in [1.29, 1.82) is 0 Å². The summed E-state index contributed by atoms with van der Waals surface area (Å²) in [5.74, 6) is -0.292. The van der Waals surface area contributed by atoms with Gasteiger partial charge in [-0.05, 0) is 44.6 Å². The van der Waals surface area contributed by atoms with Gasteiger partial charge in [-0.1, -0.05) is 31.2 Å². The van der Waals surface area contributed by atoms with E-state index in [2.05, 4.69) is 39.5 Å². The van der Waals surface area contributed by atoms with Crippen molar-refractivity contribution in [2.75, 3.05) is 25.0 Å². The monoisotopic (exact) mass is 381 g/mol. The molecule has 3 rings (SSSR count). The highest BCUT2D eigenvalue weighted by Gasteiger charge is 2.18. The zero-order valence-corrected chi connectivity index (χ0v) is 16.9. The third-order valence-electron chi connectivity index (χ3n) is 4.79. The minimum Gasteiger partial charge on any atom is -0.318 e. The van der Waals surface area contributed by atoms with Crippen molar-refractivity contribution in [3.05, 3.63) is 53.6 Å².